The summed E-state index contributed by atoms with van der Waals surface area (Å²) in [4.78, 5) is 16.0. The average Bonchev–Trinajstić information content (AvgIpc) is 2.63. The van der Waals surface area contributed by atoms with E-state index in [1.807, 2.05) is 6.92 Å². The van der Waals surface area contributed by atoms with Gasteiger partial charge in [0.05, 0.1) is 17.6 Å². The second kappa shape index (κ2) is 4.66. The summed E-state index contributed by atoms with van der Waals surface area (Å²) in [6.07, 6.45) is 3.04. The number of rotatable bonds is 2. The second-order valence-corrected chi connectivity index (χ2v) is 4.24. The van der Waals surface area contributed by atoms with Crippen LogP contribution in [-0.4, -0.2) is 20.7 Å². The van der Waals surface area contributed by atoms with E-state index in [1.54, 1.807) is 19.3 Å². The normalized spacial score (nSPS) is 10.4. The van der Waals surface area contributed by atoms with Gasteiger partial charge in [0.1, 0.15) is 5.69 Å². The van der Waals surface area contributed by atoms with Crippen molar-refractivity contribution in [3.8, 4) is 0 Å². The first-order chi connectivity index (χ1) is 8.49. The Kier molecular flexibility index (Phi) is 3.20. The van der Waals surface area contributed by atoms with E-state index in [1.165, 1.54) is 10.9 Å². The molecule has 0 aliphatic rings. The highest BCUT2D eigenvalue weighted by Crippen LogP contribution is 2.21. The Morgan fingerprint density at radius 3 is 2.83 bits per heavy atom. The van der Waals surface area contributed by atoms with Crippen LogP contribution in [0.4, 0.5) is 11.4 Å². The number of aromatic nitrogens is 3. The zero-order chi connectivity index (χ0) is 13.3. The lowest BCUT2D eigenvalue weighted by Crippen LogP contribution is -2.18. The van der Waals surface area contributed by atoms with Crippen molar-refractivity contribution in [2.24, 2.45) is 7.05 Å². The third-order valence-electron chi connectivity index (χ3n) is 2.41. The molecule has 2 heterocycles. The molecule has 1 amide bonds. The van der Waals surface area contributed by atoms with Crippen LogP contribution < -0.4 is 11.1 Å². The molecule has 3 N–H and O–H groups in total. The van der Waals surface area contributed by atoms with Gasteiger partial charge in [0.15, 0.2) is 5.15 Å². The summed E-state index contributed by atoms with van der Waals surface area (Å²) in [7, 11) is 1.64. The van der Waals surface area contributed by atoms with Gasteiger partial charge in [0.25, 0.3) is 5.91 Å². The lowest BCUT2D eigenvalue weighted by Gasteiger charge is -2.08. The average molecular weight is 266 g/mol. The van der Waals surface area contributed by atoms with Crippen molar-refractivity contribution in [3.05, 3.63) is 34.9 Å². The molecule has 18 heavy (non-hydrogen) atoms. The number of hydrogen-bond acceptors (Lipinski definition) is 4. The molecule has 7 heteroatoms. The molecule has 0 spiro atoms. The molecule has 0 saturated carbocycles. The molecule has 2 aromatic heterocycles. The van der Waals surface area contributed by atoms with Crippen LogP contribution in [0.2, 0.25) is 5.15 Å². The van der Waals surface area contributed by atoms with Gasteiger partial charge >= 0.3 is 0 Å². The molecule has 0 radical (unpaired) electrons. The van der Waals surface area contributed by atoms with Crippen molar-refractivity contribution in [1.82, 2.24) is 14.8 Å². The fourth-order valence-corrected chi connectivity index (χ4v) is 1.70. The van der Waals surface area contributed by atoms with Gasteiger partial charge in [-0.05, 0) is 18.6 Å². The van der Waals surface area contributed by atoms with E-state index in [0.29, 0.717) is 11.4 Å². The number of nitrogens with zero attached hydrogens (tertiary/aromatic N) is 3. The lowest BCUT2D eigenvalue weighted by molar-refractivity contribution is 0.101. The molecule has 0 aliphatic heterocycles. The summed E-state index contributed by atoms with van der Waals surface area (Å²) in [5, 5.41) is 6.79. The fraction of sp³-hybridized carbons (Fsp3) is 0.182. The molecule has 0 fully saturated rings. The van der Waals surface area contributed by atoms with Crippen molar-refractivity contribution in [2.75, 3.05) is 11.1 Å². The molecule has 2 rings (SSSR count). The maximum Gasteiger partial charge on any atom is 0.276 e. The van der Waals surface area contributed by atoms with Gasteiger partial charge in [-0.3, -0.25) is 9.48 Å². The molecule has 2 aromatic rings. The van der Waals surface area contributed by atoms with Crippen LogP contribution >= 0.6 is 11.6 Å². The minimum atomic E-state index is -0.373. The van der Waals surface area contributed by atoms with E-state index >= 15 is 0 Å². The molecule has 0 saturated heterocycles. The van der Waals surface area contributed by atoms with Gasteiger partial charge in [-0.2, -0.15) is 5.10 Å². The number of aryl methyl sites for hydroxylation is 2. The zero-order valence-electron chi connectivity index (χ0n) is 9.94. The minimum absolute atomic E-state index is 0.231. The van der Waals surface area contributed by atoms with Gasteiger partial charge in [-0.25, -0.2) is 4.98 Å². The van der Waals surface area contributed by atoms with Gasteiger partial charge in [-0.1, -0.05) is 11.6 Å². The zero-order valence-corrected chi connectivity index (χ0v) is 10.7. The molecule has 6 nitrogen and oxygen atoms in total. The van der Waals surface area contributed by atoms with Crippen LogP contribution in [0, 0.1) is 6.92 Å². The number of anilines is 2. The van der Waals surface area contributed by atoms with Gasteiger partial charge < -0.3 is 11.1 Å². The molecule has 0 unspecified atom stereocenters. The van der Waals surface area contributed by atoms with Crippen molar-refractivity contribution >= 4 is 28.9 Å². The van der Waals surface area contributed by atoms with Crippen molar-refractivity contribution in [2.45, 2.75) is 6.92 Å². The van der Waals surface area contributed by atoms with Gasteiger partial charge in [-0.15, -0.1) is 0 Å². The molecular weight excluding hydrogens is 254 g/mol. The monoisotopic (exact) mass is 265 g/mol. The van der Waals surface area contributed by atoms with Crippen LogP contribution in [0.5, 0.6) is 0 Å². The molecule has 0 atom stereocenters. The van der Waals surface area contributed by atoms with Crippen LogP contribution in [0.25, 0.3) is 0 Å². The summed E-state index contributed by atoms with van der Waals surface area (Å²) in [5.74, 6) is -0.373. The van der Waals surface area contributed by atoms with Gasteiger partial charge in [0, 0.05) is 13.2 Å². The number of halogens is 1. The predicted octanol–water partition coefficient (Wildman–Crippen LogP) is 1.61. The van der Waals surface area contributed by atoms with Crippen LogP contribution in [0.1, 0.15) is 16.1 Å². The summed E-state index contributed by atoms with van der Waals surface area (Å²) in [5.41, 5.74) is 7.61. The lowest BCUT2D eigenvalue weighted by atomic mass is 10.3. The second-order valence-electron chi connectivity index (χ2n) is 3.88. The predicted molar refractivity (Wildman–Crippen MR) is 69.6 cm³/mol. The summed E-state index contributed by atoms with van der Waals surface area (Å²) < 4.78 is 1.40. The van der Waals surface area contributed by atoms with Crippen LogP contribution in [-0.2, 0) is 7.05 Å². The third-order valence-corrected chi connectivity index (χ3v) is 2.71. The number of nitrogen functional groups attached to an aromatic ring is 1. The number of nitrogens with two attached hydrogens (primary N) is 1. The van der Waals surface area contributed by atoms with E-state index in [-0.39, 0.29) is 16.8 Å². The van der Waals surface area contributed by atoms with E-state index < -0.39 is 0 Å². The Balaban J connectivity index is 2.30. The minimum Gasteiger partial charge on any atom is -0.396 e. The Morgan fingerprint density at radius 1 is 1.50 bits per heavy atom. The first kappa shape index (κ1) is 12.4. The Hall–Kier alpha value is -2.08. The Labute approximate surface area is 109 Å². The maximum atomic E-state index is 12.0. The van der Waals surface area contributed by atoms with Gasteiger partial charge in [0.2, 0.25) is 0 Å². The van der Waals surface area contributed by atoms with E-state index in [2.05, 4.69) is 15.4 Å². The topological polar surface area (TPSA) is 85.8 Å². The highest BCUT2D eigenvalue weighted by atomic mass is 35.5. The highest BCUT2D eigenvalue weighted by Gasteiger charge is 2.16. The van der Waals surface area contributed by atoms with Crippen molar-refractivity contribution < 1.29 is 4.79 Å². The van der Waals surface area contributed by atoms with Crippen molar-refractivity contribution in [1.29, 1.82) is 0 Å². The first-order valence-corrected chi connectivity index (χ1v) is 5.58. The number of nitrogens with one attached hydrogen (secondary N) is 1. The maximum absolute atomic E-state index is 12.0. The number of hydrogen-bond donors (Lipinski definition) is 2. The highest BCUT2D eigenvalue weighted by molar-refractivity contribution is 6.32. The van der Waals surface area contributed by atoms with Crippen LogP contribution in [0.3, 0.4) is 0 Å². The SMILES string of the molecule is Cc1cnc(Cl)c(NC(=O)c2c(N)cnn2C)c1. The fourth-order valence-electron chi connectivity index (χ4n) is 1.55. The van der Waals surface area contributed by atoms with E-state index in [0.717, 1.165) is 5.56 Å². The van der Waals surface area contributed by atoms with Crippen molar-refractivity contribution in [3.63, 3.8) is 0 Å². The summed E-state index contributed by atoms with van der Waals surface area (Å²) in [6, 6.07) is 1.74. The molecule has 0 aromatic carbocycles. The largest absolute Gasteiger partial charge is 0.396 e. The number of carbonyl (C=O) groups excluding carboxylic acids is 1. The Morgan fingerprint density at radius 2 is 2.22 bits per heavy atom. The smallest absolute Gasteiger partial charge is 0.276 e. The Bertz CT molecular complexity index is 588. The summed E-state index contributed by atoms with van der Waals surface area (Å²) >= 11 is 5.90. The molecule has 0 bridgehead atoms. The number of amides is 1. The quantitative estimate of drug-likeness (QED) is 0.808. The molecular formula is C11H12ClN5O. The van der Waals surface area contributed by atoms with E-state index in [9.17, 15) is 4.79 Å². The summed E-state index contributed by atoms with van der Waals surface area (Å²) in [6.45, 7) is 1.86. The number of pyridine rings is 1. The standard InChI is InChI=1S/C11H12ClN5O/c1-6-3-8(10(12)14-4-6)16-11(18)9-7(13)5-15-17(9)2/h3-5H,13H2,1-2H3,(H,16,18). The molecule has 0 aliphatic carbocycles. The number of carbonyl (C=O) groups is 1. The first-order valence-electron chi connectivity index (χ1n) is 5.20. The molecule has 94 valence electrons. The third kappa shape index (κ3) is 2.28. The van der Waals surface area contributed by atoms with Crippen LogP contribution in [0.15, 0.2) is 18.5 Å². The van der Waals surface area contributed by atoms with E-state index in [4.69, 9.17) is 17.3 Å².